The zero-order valence-corrected chi connectivity index (χ0v) is 11.9. The second kappa shape index (κ2) is 6.42. The van der Waals surface area contributed by atoms with E-state index in [0.29, 0.717) is 18.3 Å². The minimum atomic E-state index is -0.949. The summed E-state index contributed by atoms with van der Waals surface area (Å²) in [6.45, 7) is 4.88. The molecular formula is C17H20O3. The molecule has 1 N–H and O–H groups in total. The van der Waals surface area contributed by atoms with Gasteiger partial charge in [0.25, 0.3) is 0 Å². The van der Waals surface area contributed by atoms with Crippen LogP contribution in [0.2, 0.25) is 0 Å². The molecule has 0 saturated heterocycles. The number of carbonyl (C=O) groups is 1. The second-order valence-corrected chi connectivity index (χ2v) is 5.35. The van der Waals surface area contributed by atoms with Crippen molar-refractivity contribution in [1.29, 1.82) is 0 Å². The third-order valence-electron chi connectivity index (χ3n) is 3.28. The largest absolute Gasteiger partial charge is 0.492 e. The Labute approximate surface area is 119 Å². The van der Waals surface area contributed by atoms with E-state index in [9.17, 15) is 9.90 Å². The predicted octanol–water partition coefficient (Wildman–Crippen LogP) is 4.35. The van der Waals surface area contributed by atoms with Crippen LogP contribution in [-0.2, 0) is 0 Å². The summed E-state index contributed by atoms with van der Waals surface area (Å²) in [5, 5.41) is 11.1. The maximum absolute atomic E-state index is 11.3. The average molecular weight is 272 g/mol. The molecule has 0 spiro atoms. The maximum Gasteiger partial charge on any atom is 0.339 e. The average Bonchev–Trinajstić information content (AvgIpc) is 2.42. The van der Waals surface area contributed by atoms with Crippen molar-refractivity contribution in [3.05, 3.63) is 42.0 Å². The summed E-state index contributed by atoms with van der Waals surface area (Å²) in [4.78, 5) is 11.3. The fourth-order valence-electron chi connectivity index (χ4n) is 2.23. The third-order valence-corrected chi connectivity index (χ3v) is 3.28. The molecule has 0 fully saturated rings. The van der Waals surface area contributed by atoms with E-state index in [1.165, 1.54) is 0 Å². The Hall–Kier alpha value is -2.03. The van der Waals surface area contributed by atoms with Gasteiger partial charge in [-0.2, -0.15) is 0 Å². The zero-order valence-electron chi connectivity index (χ0n) is 11.9. The lowest BCUT2D eigenvalue weighted by Crippen LogP contribution is -2.06. The van der Waals surface area contributed by atoms with Crippen molar-refractivity contribution in [2.45, 2.75) is 26.7 Å². The molecule has 0 amide bonds. The van der Waals surface area contributed by atoms with E-state index in [4.69, 9.17) is 4.74 Å². The van der Waals surface area contributed by atoms with E-state index >= 15 is 0 Å². The molecule has 2 aromatic carbocycles. The number of fused-ring (bicyclic) bond motifs is 1. The molecule has 0 aliphatic rings. The minimum absolute atomic E-state index is 0.230. The van der Waals surface area contributed by atoms with E-state index in [0.717, 1.165) is 23.6 Å². The molecule has 3 heteroatoms. The van der Waals surface area contributed by atoms with Crippen molar-refractivity contribution in [2.24, 2.45) is 5.92 Å². The molecule has 0 aliphatic carbocycles. The number of carboxylic acids is 1. The van der Waals surface area contributed by atoms with Crippen molar-refractivity contribution in [3.8, 4) is 5.75 Å². The van der Waals surface area contributed by atoms with Crippen LogP contribution < -0.4 is 4.74 Å². The van der Waals surface area contributed by atoms with Gasteiger partial charge in [0.1, 0.15) is 11.3 Å². The zero-order chi connectivity index (χ0) is 14.5. The molecule has 0 saturated carbocycles. The van der Waals surface area contributed by atoms with Gasteiger partial charge in [-0.15, -0.1) is 0 Å². The van der Waals surface area contributed by atoms with Crippen LogP contribution in [0.5, 0.6) is 5.75 Å². The van der Waals surface area contributed by atoms with E-state index in [1.54, 1.807) is 6.07 Å². The first-order valence-electron chi connectivity index (χ1n) is 6.97. The van der Waals surface area contributed by atoms with Crippen molar-refractivity contribution >= 4 is 16.7 Å². The van der Waals surface area contributed by atoms with Gasteiger partial charge < -0.3 is 9.84 Å². The molecule has 0 radical (unpaired) electrons. The van der Waals surface area contributed by atoms with Crippen molar-refractivity contribution in [1.82, 2.24) is 0 Å². The molecule has 20 heavy (non-hydrogen) atoms. The Kier molecular flexibility index (Phi) is 4.61. The van der Waals surface area contributed by atoms with E-state index in [2.05, 4.69) is 13.8 Å². The van der Waals surface area contributed by atoms with Crippen LogP contribution in [0.15, 0.2) is 36.4 Å². The standard InChI is InChI=1S/C17H20O3/c1-12(2)6-5-11-20-16-14-8-4-3-7-13(14)9-10-15(16)17(18)19/h3-4,7-10,12H,5-6,11H2,1-2H3,(H,18,19). The van der Waals surface area contributed by atoms with Gasteiger partial charge in [-0.05, 0) is 30.2 Å². The maximum atomic E-state index is 11.3. The Morgan fingerprint density at radius 1 is 1.20 bits per heavy atom. The van der Waals surface area contributed by atoms with E-state index < -0.39 is 5.97 Å². The molecule has 2 rings (SSSR count). The molecular weight excluding hydrogens is 252 g/mol. The molecule has 0 heterocycles. The smallest absolute Gasteiger partial charge is 0.339 e. The van der Waals surface area contributed by atoms with Crippen LogP contribution >= 0.6 is 0 Å². The van der Waals surface area contributed by atoms with Crippen LogP contribution in [0.25, 0.3) is 10.8 Å². The van der Waals surface area contributed by atoms with Gasteiger partial charge in [-0.3, -0.25) is 0 Å². The summed E-state index contributed by atoms with van der Waals surface area (Å²) in [6.07, 6.45) is 2.01. The van der Waals surface area contributed by atoms with Gasteiger partial charge in [0.15, 0.2) is 0 Å². The molecule has 0 aliphatic heterocycles. The number of hydrogen-bond donors (Lipinski definition) is 1. The Morgan fingerprint density at radius 2 is 1.95 bits per heavy atom. The molecule has 106 valence electrons. The summed E-state index contributed by atoms with van der Waals surface area (Å²) in [7, 11) is 0. The number of ether oxygens (including phenoxy) is 1. The van der Waals surface area contributed by atoms with Crippen LogP contribution in [0.3, 0.4) is 0 Å². The summed E-state index contributed by atoms with van der Waals surface area (Å²) in [5.41, 5.74) is 0.230. The molecule has 0 unspecified atom stereocenters. The quantitative estimate of drug-likeness (QED) is 0.795. The second-order valence-electron chi connectivity index (χ2n) is 5.35. The lowest BCUT2D eigenvalue weighted by molar-refractivity contribution is 0.0692. The predicted molar refractivity (Wildman–Crippen MR) is 80.5 cm³/mol. The highest BCUT2D eigenvalue weighted by atomic mass is 16.5. The van der Waals surface area contributed by atoms with Crippen LogP contribution in [0.1, 0.15) is 37.0 Å². The van der Waals surface area contributed by atoms with Crippen molar-refractivity contribution in [2.75, 3.05) is 6.61 Å². The highest BCUT2D eigenvalue weighted by Crippen LogP contribution is 2.30. The fraction of sp³-hybridized carbons (Fsp3) is 0.353. The summed E-state index contributed by atoms with van der Waals surface area (Å²) >= 11 is 0. The fourth-order valence-corrected chi connectivity index (χ4v) is 2.23. The minimum Gasteiger partial charge on any atom is -0.492 e. The number of hydrogen-bond acceptors (Lipinski definition) is 2. The van der Waals surface area contributed by atoms with Crippen molar-refractivity contribution in [3.63, 3.8) is 0 Å². The Balaban J connectivity index is 2.28. The number of aromatic carboxylic acids is 1. The lowest BCUT2D eigenvalue weighted by Gasteiger charge is -2.13. The first-order valence-corrected chi connectivity index (χ1v) is 6.97. The monoisotopic (exact) mass is 272 g/mol. The summed E-state index contributed by atoms with van der Waals surface area (Å²) in [5.74, 6) is 0.166. The molecule has 3 nitrogen and oxygen atoms in total. The normalized spacial score (nSPS) is 10.9. The van der Waals surface area contributed by atoms with Gasteiger partial charge in [0.05, 0.1) is 6.61 Å². The van der Waals surface area contributed by atoms with Crippen LogP contribution in [-0.4, -0.2) is 17.7 Å². The third kappa shape index (κ3) is 3.29. The summed E-state index contributed by atoms with van der Waals surface area (Å²) in [6, 6.07) is 11.1. The van der Waals surface area contributed by atoms with Gasteiger partial charge in [0.2, 0.25) is 0 Å². The van der Waals surface area contributed by atoms with Gasteiger partial charge in [0, 0.05) is 5.39 Å². The lowest BCUT2D eigenvalue weighted by atomic mass is 10.1. The Bertz CT molecular complexity index is 602. The number of benzene rings is 2. The van der Waals surface area contributed by atoms with Gasteiger partial charge >= 0.3 is 5.97 Å². The molecule has 2 aromatic rings. The first kappa shape index (κ1) is 14.4. The van der Waals surface area contributed by atoms with Gasteiger partial charge in [-0.25, -0.2) is 4.79 Å². The number of rotatable bonds is 6. The molecule has 0 atom stereocenters. The van der Waals surface area contributed by atoms with Crippen molar-refractivity contribution < 1.29 is 14.6 Å². The molecule has 0 bridgehead atoms. The topological polar surface area (TPSA) is 46.5 Å². The van der Waals surface area contributed by atoms with Gasteiger partial charge in [-0.1, -0.05) is 44.2 Å². The first-order chi connectivity index (χ1) is 9.59. The highest BCUT2D eigenvalue weighted by molar-refractivity contribution is 6.00. The number of carboxylic acid groups (broad SMARTS) is 1. The Morgan fingerprint density at radius 3 is 2.65 bits per heavy atom. The van der Waals surface area contributed by atoms with E-state index in [1.807, 2.05) is 30.3 Å². The summed E-state index contributed by atoms with van der Waals surface area (Å²) < 4.78 is 5.78. The van der Waals surface area contributed by atoms with Crippen LogP contribution in [0, 0.1) is 5.92 Å². The van der Waals surface area contributed by atoms with Crippen LogP contribution in [0.4, 0.5) is 0 Å². The highest BCUT2D eigenvalue weighted by Gasteiger charge is 2.14. The SMILES string of the molecule is CC(C)CCCOc1c(C(=O)O)ccc2ccccc12. The van der Waals surface area contributed by atoms with E-state index in [-0.39, 0.29) is 5.56 Å². The molecule has 0 aromatic heterocycles.